The number of hydrogen-bond donors (Lipinski definition) is 0. The molecule has 0 aliphatic carbocycles. The van der Waals surface area contributed by atoms with Gasteiger partial charge in [0.1, 0.15) is 0 Å². The fourth-order valence-electron chi connectivity index (χ4n) is 3.44. The molecule has 0 radical (unpaired) electrons. The number of carbonyl (C=O) groups is 2. The highest BCUT2D eigenvalue weighted by Crippen LogP contribution is 2.09. The molecule has 0 unspecified atom stereocenters. The van der Waals surface area contributed by atoms with Crippen molar-refractivity contribution in [2.24, 2.45) is 0 Å². The van der Waals surface area contributed by atoms with Crippen LogP contribution in [0.25, 0.3) is 0 Å². The molecule has 4 nitrogen and oxygen atoms in total. The molecule has 0 saturated carbocycles. The second-order valence-electron chi connectivity index (χ2n) is 7.97. The van der Waals surface area contributed by atoms with Crippen LogP contribution in [-0.2, 0) is 31.9 Å². The average molecular weight is 437 g/mol. The summed E-state index contributed by atoms with van der Waals surface area (Å²) in [5.41, 5.74) is 2.72. The Labute approximate surface area is 192 Å². The summed E-state index contributed by atoms with van der Waals surface area (Å²) in [6.07, 6.45) is 12.7. The van der Waals surface area contributed by atoms with E-state index in [1.165, 1.54) is 11.1 Å². The van der Waals surface area contributed by atoms with Crippen molar-refractivity contribution in [3.05, 3.63) is 83.9 Å². The summed E-state index contributed by atoms with van der Waals surface area (Å²) < 4.78 is 10.3. The topological polar surface area (TPSA) is 52.6 Å². The van der Waals surface area contributed by atoms with Gasteiger partial charge in [0.05, 0.1) is 13.2 Å². The number of esters is 2. The Morgan fingerprint density at radius 2 is 0.906 bits per heavy atom. The monoisotopic (exact) mass is 436 g/mol. The Morgan fingerprint density at radius 3 is 1.31 bits per heavy atom. The molecule has 0 saturated heterocycles. The Morgan fingerprint density at radius 1 is 0.531 bits per heavy atom. The summed E-state index contributed by atoms with van der Waals surface area (Å²) in [7, 11) is 0. The summed E-state index contributed by atoms with van der Waals surface area (Å²) in [5, 5.41) is 0. The minimum absolute atomic E-state index is 0.381. The fraction of sp³-hybridized carbons (Fsp3) is 0.429. The Kier molecular flexibility index (Phi) is 13.3. The average Bonchev–Trinajstić information content (AvgIpc) is 2.83. The van der Waals surface area contributed by atoms with E-state index in [2.05, 4.69) is 48.5 Å². The molecule has 0 aliphatic rings. The van der Waals surface area contributed by atoms with Crippen molar-refractivity contribution < 1.29 is 19.1 Å². The molecule has 2 rings (SSSR count). The maximum atomic E-state index is 11.7. The van der Waals surface area contributed by atoms with Gasteiger partial charge in [-0.3, -0.25) is 0 Å². The Balaban J connectivity index is 1.39. The lowest BCUT2D eigenvalue weighted by Gasteiger charge is -2.04. The molecule has 0 spiro atoms. The van der Waals surface area contributed by atoms with Gasteiger partial charge in [-0.15, -0.1) is 0 Å². The van der Waals surface area contributed by atoms with Crippen molar-refractivity contribution in [3.8, 4) is 0 Å². The summed E-state index contributed by atoms with van der Waals surface area (Å²) in [5.74, 6) is -0.987. The van der Waals surface area contributed by atoms with E-state index in [1.807, 2.05) is 12.1 Å². The van der Waals surface area contributed by atoms with Crippen LogP contribution in [0.1, 0.15) is 62.5 Å². The van der Waals surface area contributed by atoms with E-state index < -0.39 is 11.9 Å². The minimum atomic E-state index is -0.493. The molecule has 0 heterocycles. The highest BCUT2D eigenvalue weighted by molar-refractivity contribution is 5.91. The van der Waals surface area contributed by atoms with E-state index in [9.17, 15) is 9.59 Å². The van der Waals surface area contributed by atoms with Gasteiger partial charge < -0.3 is 9.47 Å². The molecule has 0 fully saturated rings. The second kappa shape index (κ2) is 16.8. The van der Waals surface area contributed by atoms with Crippen LogP contribution in [-0.4, -0.2) is 25.2 Å². The number of rotatable bonds is 16. The van der Waals surface area contributed by atoms with Crippen molar-refractivity contribution in [1.29, 1.82) is 0 Å². The lowest BCUT2D eigenvalue weighted by Crippen LogP contribution is -2.06. The molecule has 2 aromatic carbocycles. The van der Waals surface area contributed by atoms with Gasteiger partial charge in [-0.2, -0.15) is 0 Å². The predicted octanol–water partition coefficient (Wildman–Crippen LogP) is 6.24. The number of ether oxygens (including phenoxy) is 2. The SMILES string of the molecule is O=C(/C=C/C(=O)OCCCCCCc1ccccc1)OCCCCCCc1ccccc1. The third-order valence-corrected chi connectivity index (χ3v) is 5.25. The zero-order valence-corrected chi connectivity index (χ0v) is 19.0. The molecule has 0 aromatic heterocycles. The van der Waals surface area contributed by atoms with Crippen molar-refractivity contribution in [3.63, 3.8) is 0 Å². The van der Waals surface area contributed by atoms with E-state index in [1.54, 1.807) is 0 Å². The fourth-order valence-corrected chi connectivity index (χ4v) is 3.44. The smallest absolute Gasteiger partial charge is 0.331 e. The first-order valence-corrected chi connectivity index (χ1v) is 11.8. The van der Waals surface area contributed by atoms with Crippen LogP contribution in [0, 0.1) is 0 Å². The first-order valence-electron chi connectivity index (χ1n) is 11.8. The number of aryl methyl sites for hydroxylation is 2. The molecular formula is C28H36O4. The van der Waals surface area contributed by atoms with Gasteiger partial charge in [0, 0.05) is 12.2 Å². The summed E-state index contributed by atoms with van der Waals surface area (Å²) >= 11 is 0. The van der Waals surface area contributed by atoms with E-state index in [-0.39, 0.29) is 0 Å². The predicted molar refractivity (Wildman–Crippen MR) is 128 cm³/mol. The van der Waals surface area contributed by atoms with Gasteiger partial charge in [-0.25, -0.2) is 9.59 Å². The van der Waals surface area contributed by atoms with Gasteiger partial charge in [-0.05, 0) is 49.7 Å². The Hall–Kier alpha value is -2.88. The van der Waals surface area contributed by atoms with Crippen LogP contribution in [0.15, 0.2) is 72.8 Å². The van der Waals surface area contributed by atoms with Crippen molar-refractivity contribution in [1.82, 2.24) is 0 Å². The summed E-state index contributed by atoms with van der Waals surface area (Å²) in [6.45, 7) is 0.763. The lowest BCUT2D eigenvalue weighted by atomic mass is 10.1. The maximum absolute atomic E-state index is 11.7. The van der Waals surface area contributed by atoms with Crippen molar-refractivity contribution in [2.75, 3.05) is 13.2 Å². The lowest BCUT2D eigenvalue weighted by molar-refractivity contribution is -0.140. The second-order valence-corrected chi connectivity index (χ2v) is 7.97. The van der Waals surface area contributed by atoms with Crippen LogP contribution in [0.4, 0.5) is 0 Å². The summed E-state index contributed by atoms with van der Waals surface area (Å²) in [4.78, 5) is 23.3. The van der Waals surface area contributed by atoms with Gasteiger partial charge in [-0.1, -0.05) is 86.3 Å². The van der Waals surface area contributed by atoms with Gasteiger partial charge >= 0.3 is 11.9 Å². The number of benzene rings is 2. The van der Waals surface area contributed by atoms with E-state index in [0.717, 1.165) is 76.4 Å². The maximum Gasteiger partial charge on any atom is 0.331 e. The van der Waals surface area contributed by atoms with Gasteiger partial charge in [0.2, 0.25) is 0 Å². The molecule has 0 aliphatic heterocycles. The molecule has 0 N–H and O–H groups in total. The normalized spacial score (nSPS) is 10.9. The molecule has 0 amide bonds. The van der Waals surface area contributed by atoms with E-state index in [4.69, 9.17) is 9.47 Å². The van der Waals surface area contributed by atoms with Crippen molar-refractivity contribution >= 4 is 11.9 Å². The standard InChI is InChI=1S/C28H36O4/c29-27(31-23-13-3-1-7-15-25-17-9-5-10-18-25)21-22-28(30)32-24-14-4-2-8-16-26-19-11-6-12-20-26/h5-6,9-12,17-22H,1-4,7-8,13-16,23-24H2/b22-21+. The number of carbonyl (C=O) groups excluding carboxylic acids is 2. The van der Waals surface area contributed by atoms with Crippen LogP contribution in [0.5, 0.6) is 0 Å². The zero-order valence-electron chi connectivity index (χ0n) is 19.0. The largest absolute Gasteiger partial charge is 0.463 e. The van der Waals surface area contributed by atoms with E-state index in [0.29, 0.717) is 13.2 Å². The van der Waals surface area contributed by atoms with Crippen LogP contribution in [0.3, 0.4) is 0 Å². The van der Waals surface area contributed by atoms with E-state index >= 15 is 0 Å². The van der Waals surface area contributed by atoms with Crippen LogP contribution >= 0.6 is 0 Å². The zero-order chi connectivity index (χ0) is 22.7. The number of hydrogen-bond acceptors (Lipinski definition) is 4. The molecule has 0 atom stereocenters. The van der Waals surface area contributed by atoms with Crippen LogP contribution < -0.4 is 0 Å². The van der Waals surface area contributed by atoms with Gasteiger partial charge in [0.15, 0.2) is 0 Å². The molecular weight excluding hydrogens is 400 g/mol. The molecule has 4 heteroatoms. The third-order valence-electron chi connectivity index (χ3n) is 5.25. The minimum Gasteiger partial charge on any atom is -0.463 e. The molecule has 32 heavy (non-hydrogen) atoms. The molecule has 2 aromatic rings. The first kappa shape index (κ1) is 25.4. The van der Waals surface area contributed by atoms with Gasteiger partial charge in [0.25, 0.3) is 0 Å². The van der Waals surface area contributed by atoms with Crippen molar-refractivity contribution in [2.45, 2.75) is 64.2 Å². The highest BCUT2D eigenvalue weighted by atomic mass is 16.5. The first-order chi connectivity index (χ1) is 15.7. The molecule has 0 bridgehead atoms. The highest BCUT2D eigenvalue weighted by Gasteiger charge is 2.02. The quantitative estimate of drug-likeness (QED) is 0.178. The van der Waals surface area contributed by atoms with Crippen LogP contribution in [0.2, 0.25) is 0 Å². The summed E-state index contributed by atoms with van der Waals surface area (Å²) in [6, 6.07) is 20.9. The number of unbranched alkanes of at least 4 members (excludes halogenated alkanes) is 6. The Bertz CT molecular complexity index is 716. The third kappa shape index (κ3) is 12.7. The molecule has 172 valence electrons.